The Balaban J connectivity index is 1.98. The number of ether oxygens (including phenoxy) is 1. The van der Waals surface area contributed by atoms with Gasteiger partial charge in [0.15, 0.2) is 0 Å². The van der Waals surface area contributed by atoms with E-state index in [0.29, 0.717) is 17.8 Å². The summed E-state index contributed by atoms with van der Waals surface area (Å²) >= 11 is 0. The summed E-state index contributed by atoms with van der Waals surface area (Å²) in [5.41, 5.74) is 16.1. The minimum atomic E-state index is -0.155. The molecule has 0 heterocycles. The van der Waals surface area contributed by atoms with Crippen LogP contribution in [0.15, 0.2) is 42.5 Å². The Morgan fingerprint density at radius 1 is 1.00 bits per heavy atom. The number of nitrogen functional groups attached to an aromatic ring is 2. The van der Waals surface area contributed by atoms with Crippen molar-refractivity contribution in [1.29, 1.82) is 0 Å². The van der Waals surface area contributed by atoms with E-state index >= 15 is 0 Å². The van der Waals surface area contributed by atoms with Crippen molar-refractivity contribution in [3.8, 4) is 11.1 Å². The summed E-state index contributed by atoms with van der Waals surface area (Å²) < 4.78 is 5.46. The zero-order chi connectivity index (χ0) is 18.1. The smallest absolute Gasteiger partial charge is 0.306 e. The van der Waals surface area contributed by atoms with Gasteiger partial charge in [0, 0.05) is 23.4 Å². The summed E-state index contributed by atoms with van der Waals surface area (Å²) in [6.45, 7) is 2.40. The Kier molecular flexibility index (Phi) is 7.33. The Bertz CT molecular complexity index is 698. The van der Waals surface area contributed by atoms with Crippen LogP contribution >= 0.6 is 0 Å². The number of anilines is 2. The van der Waals surface area contributed by atoms with Crippen LogP contribution in [0, 0.1) is 0 Å². The molecular weight excluding hydrogens is 312 g/mol. The van der Waals surface area contributed by atoms with Crippen molar-refractivity contribution in [2.45, 2.75) is 52.1 Å². The van der Waals surface area contributed by atoms with Gasteiger partial charge < -0.3 is 16.2 Å². The van der Waals surface area contributed by atoms with Crippen LogP contribution in [0.4, 0.5) is 11.4 Å². The number of benzene rings is 2. The van der Waals surface area contributed by atoms with E-state index in [-0.39, 0.29) is 12.6 Å². The lowest BCUT2D eigenvalue weighted by molar-refractivity contribution is -0.145. The summed E-state index contributed by atoms with van der Waals surface area (Å²) in [6, 6.07) is 13.2. The number of hydrogen-bond acceptors (Lipinski definition) is 4. The quantitative estimate of drug-likeness (QED) is 0.386. The number of carbonyl (C=O) groups is 1. The predicted molar refractivity (Wildman–Crippen MR) is 104 cm³/mol. The largest absolute Gasteiger partial charge is 0.461 e. The molecule has 0 aromatic heterocycles. The SMILES string of the molecule is CCCCCCCC(=O)OCc1cccc(N)c1-c1cccc(N)c1. The molecule has 0 saturated heterocycles. The topological polar surface area (TPSA) is 78.3 Å². The average molecular weight is 340 g/mol. The van der Waals surface area contributed by atoms with Gasteiger partial charge in [0.05, 0.1) is 0 Å². The molecule has 4 N–H and O–H groups in total. The van der Waals surface area contributed by atoms with E-state index in [1.165, 1.54) is 19.3 Å². The number of hydrogen-bond donors (Lipinski definition) is 2. The third-order valence-electron chi connectivity index (χ3n) is 4.23. The molecule has 0 spiro atoms. The first kappa shape index (κ1) is 18.8. The highest BCUT2D eigenvalue weighted by Gasteiger charge is 2.11. The molecule has 0 aliphatic rings. The van der Waals surface area contributed by atoms with Gasteiger partial charge in [-0.05, 0) is 35.7 Å². The first-order valence-corrected chi connectivity index (χ1v) is 9.00. The third-order valence-corrected chi connectivity index (χ3v) is 4.23. The van der Waals surface area contributed by atoms with E-state index in [2.05, 4.69) is 6.92 Å². The van der Waals surface area contributed by atoms with Crippen LogP contribution in [-0.4, -0.2) is 5.97 Å². The van der Waals surface area contributed by atoms with Crippen molar-refractivity contribution in [3.63, 3.8) is 0 Å². The highest BCUT2D eigenvalue weighted by Crippen LogP contribution is 2.31. The van der Waals surface area contributed by atoms with Gasteiger partial charge in [0.1, 0.15) is 6.61 Å². The second-order valence-corrected chi connectivity index (χ2v) is 6.33. The fourth-order valence-electron chi connectivity index (χ4n) is 2.89. The van der Waals surface area contributed by atoms with Crippen molar-refractivity contribution in [3.05, 3.63) is 48.0 Å². The van der Waals surface area contributed by atoms with Gasteiger partial charge in [-0.1, -0.05) is 56.9 Å². The molecule has 0 radical (unpaired) electrons. The molecule has 25 heavy (non-hydrogen) atoms. The molecule has 0 amide bonds. The van der Waals surface area contributed by atoms with E-state index in [1.807, 2.05) is 42.5 Å². The molecule has 0 saturated carbocycles. The monoisotopic (exact) mass is 340 g/mol. The van der Waals surface area contributed by atoms with E-state index in [0.717, 1.165) is 29.5 Å². The average Bonchev–Trinajstić information content (AvgIpc) is 2.59. The fraction of sp³-hybridized carbons (Fsp3) is 0.381. The van der Waals surface area contributed by atoms with Gasteiger partial charge in [-0.2, -0.15) is 0 Å². The molecule has 0 unspecified atom stereocenters. The van der Waals surface area contributed by atoms with Crippen LogP contribution in [0.3, 0.4) is 0 Å². The summed E-state index contributed by atoms with van der Waals surface area (Å²) in [5, 5.41) is 0. The lowest BCUT2D eigenvalue weighted by Gasteiger charge is -2.13. The summed E-state index contributed by atoms with van der Waals surface area (Å²) in [6.07, 6.45) is 6.04. The molecule has 4 nitrogen and oxygen atoms in total. The van der Waals surface area contributed by atoms with E-state index in [1.54, 1.807) is 0 Å². The van der Waals surface area contributed by atoms with Gasteiger partial charge in [-0.15, -0.1) is 0 Å². The summed E-state index contributed by atoms with van der Waals surface area (Å²) in [4.78, 5) is 12.0. The Morgan fingerprint density at radius 2 is 1.76 bits per heavy atom. The maximum absolute atomic E-state index is 12.0. The number of rotatable bonds is 9. The summed E-state index contributed by atoms with van der Waals surface area (Å²) in [5.74, 6) is -0.155. The molecule has 4 heteroatoms. The summed E-state index contributed by atoms with van der Waals surface area (Å²) in [7, 11) is 0. The number of nitrogens with two attached hydrogens (primary N) is 2. The second-order valence-electron chi connectivity index (χ2n) is 6.33. The van der Waals surface area contributed by atoms with Crippen molar-refractivity contribution < 1.29 is 9.53 Å². The van der Waals surface area contributed by atoms with Crippen LogP contribution in [0.1, 0.15) is 51.0 Å². The lowest BCUT2D eigenvalue weighted by Crippen LogP contribution is -2.06. The van der Waals surface area contributed by atoms with Crippen molar-refractivity contribution in [2.24, 2.45) is 0 Å². The lowest BCUT2D eigenvalue weighted by atomic mass is 9.98. The standard InChI is InChI=1S/C21H28N2O2/c1-2-3-4-5-6-13-20(24)25-15-17-10-8-12-19(23)21(17)16-9-7-11-18(22)14-16/h7-12,14H,2-6,13,15,22-23H2,1H3. The van der Waals surface area contributed by atoms with Crippen LogP contribution in [-0.2, 0) is 16.1 Å². The highest BCUT2D eigenvalue weighted by molar-refractivity contribution is 5.81. The van der Waals surface area contributed by atoms with Crippen LogP contribution in [0.5, 0.6) is 0 Å². The second kappa shape index (κ2) is 9.72. The minimum absolute atomic E-state index is 0.155. The van der Waals surface area contributed by atoms with Crippen molar-refractivity contribution in [2.75, 3.05) is 11.5 Å². The Labute approximate surface area is 150 Å². The van der Waals surface area contributed by atoms with Gasteiger partial charge >= 0.3 is 5.97 Å². The van der Waals surface area contributed by atoms with Crippen LogP contribution in [0.25, 0.3) is 11.1 Å². The number of unbranched alkanes of at least 4 members (excludes halogenated alkanes) is 4. The normalized spacial score (nSPS) is 10.6. The first-order chi connectivity index (χ1) is 12.1. The van der Waals surface area contributed by atoms with Gasteiger partial charge in [0.25, 0.3) is 0 Å². The zero-order valence-corrected chi connectivity index (χ0v) is 15.0. The van der Waals surface area contributed by atoms with E-state index < -0.39 is 0 Å². The van der Waals surface area contributed by atoms with E-state index in [9.17, 15) is 4.79 Å². The van der Waals surface area contributed by atoms with Crippen LogP contribution in [0.2, 0.25) is 0 Å². The van der Waals surface area contributed by atoms with E-state index in [4.69, 9.17) is 16.2 Å². The highest BCUT2D eigenvalue weighted by atomic mass is 16.5. The molecular formula is C21H28N2O2. The van der Waals surface area contributed by atoms with Crippen molar-refractivity contribution in [1.82, 2.24) is 0 Å². The van der Waals surface area contributed by atoms with Gasteiger partial charge in [-0.25, -0.2) is 0 Å². The maximum atomic E-state index is 12.0. The molecule has 0 fully saturated rings. The molecule has 0 aliphatic carbocycles. The Morgan fingerprint density at radius 3 is 2.52 bits per heavy atom. The zero-order valence-electron chi connectivity index (χ0n) is 15.0. The molecule has 2 rings (SSSR count). The molecule has 2 aromatic rings. The fourth-order valence-corrected chi connectivity index (χ4v) is 2.89. The molecule has 0 bridgehead atoms. The Hall–Kier alpha value is -2.49. The van der Waals surface area contributed by atoms with Gasteiger partial charge in [0.2, 0.25) is 0 Å². The molecule has 2 aromatic carbocycles. The number of esters is 1. The number of carbonyl (C=O) groups excluding carboxylic acids is 1. The molecule has 0 atom stereocenters. The first-order valence-electron chi connectivity index (χ1n) is 9.00. The van der Waals surface area contributed by atoms with Gasteiger partial charge in [-0.3, -0.25) is 4.79 Å². The minimum Gasteiger partial charge on any atom is -0.461 e. The van der Waals surface area contributed by atoms with Crippen LogP contribution < -0.4 is 11.5 Å². The molecule has 0 aliphatic heterocycles. The van der Waals surface area contributed by atoms with Crippen molar-refractivity contribution >= 4 is 17.3 Å². The third kappa shape index (κ3) is 5.82. The molecule has 134 valence electrons. The maximum Gasteiger partial charge on any atom is 0.306 e. The predicted octanol–water partition coefficient (Wildman–Crippen LogP) is 4.92.